The fourth-order valence-corrected chi connectivity index (χ4v) is 2.57. The summed E-state index contributed by atoms with van der Waals surface area (Å²) in [6.07, 6.45) is -0.278. The van der Waals surface area contributed by atoms with Gasteiger partial charge >= 0.3 is 12.1 Å². The van der Waals surface area contributed by atoms with Gasteiger partial charge in [-0.25, -0.2) is 4.79 Å². The van der Waals surface area contributed by atoms with Crippen LogP contribution < -0.4 is 4.74 Å². The zero-order valence-electron chi connectivity index (χ0n) is 13.1. The summed E-state index contributed by atoms with van der Waals surface area (Å²) in [5.74, 6) is -0.528. The van der Waals surface area contributed by atoms with E-state index in [0.717, 1.165) is 6.54 Å². The lowest BCUT2D eigenvalue weighted by molar-refractivity contribution is -0.161. The third-order valence-electron chi connectivity index (χ3n) is 3.97. The van der Waals surface area contributed by atoms with E-state index in [1.165, 1.54) is 7.11 Å². The Kier molecular flexibility index (Phi) is 5.03. The third-order valence-corrected chi connectivity index (χ3v) is 3.97. The second-order valence-corrected chi connectivity index (χ2v) is 5.67. The van der Waals surface area contributed by atoms with Gasteiger partial charge in [0.15, 0.2) is 0 Å². The quantitative estimate of drug-likeness (QED) is 0.629. The van der Waals surface area contributed by atoms with Gasteiger partial charge in [0.05, 0.1) is 7.11 Å². The second kappa shape index (κ2) is 6.79. The molecule has 22 heavy (non-hydrogen) atoms. The largest absolute Gasteiger partial charge is 0.514 e. The number of carbonyl (C=O) groups is 2. The lowest BCUT2D eigenvalue weighted by Crippen LogP contribution is -2.54. The molecule has 0 bridgehead atoms. The highest BCUT2D eigenvalue weighted by atomic mass is 16.7. The third kappa shape index (κ3) is 3.76. The van der Waals surface area contributed by atoms with Crippen molar-refractivity contribution >= 4 is 12.1 Å². The van der Waals surface area contributed by atoms with Crippen molar-refractivity contribution in [1.29, 1.82) is 0 Å². The Hall–Kier alpha value is -2.08. The number of carbonyl (C=O) groups excluding carboxylic acids is 2. The van der Waals surface area contributed by atoms with Crippen molar-refractivity contribution < 1.29 is 23.8 Å². The van der Waals surface area contributed by atoms with E-state index in [9.17, 15) is 9.59 Å². The number of benzene rings is 1. The fourth-order valence-electron chi connectivity index (χ4n) is 2.57. The summed E-state index contributed by atoms with van der Waals surface area (Å²) >= 11 is 0. The van der Waals surface area contributed by atoms with E-state index in [-0.39, 0.29) is 5.97 Å². The molecule has 1 fully saturated rings. The zero-order chi connectivity index (χ0) is 16.2. The number of hydrogen-bond acceptors (Lipinski definition) is 6. The second-order valence-electron chi connectivity index (χ2n) is 5.67. The lowest BCUT2D eigenvalue weighted by atomic mass is 9.82. The molecular weight excluding hydrogens is 286 g/mol. The maximum Gasteiger partial charge on any atom is 0.514 e. The molecule has 0 spiro atoms. The topological polar surface area (TPSA) is 65.1 Å². The van der Waals surface area contributed by atoms with Gasteiger partial charge in [-0.1, -0.05) is 18.2 Å². The molecule has 1 saturated heterocycles. The van der Waals surface area contributed by atoms with Gasteiger partial charge in [-0.2, -0.15) is 0 Å². The minimum Gasteiger partial charge on any atom is -0.469 e. The molecular formula is C16H21NO5. The Labute approximate surface area is 129 Å². The summed E-state index contributed by atoms with van der Waals surface area (Å²) in [6.45, 7) is 2.94. The summed E-state index contributed by atoms with van der Waals surface area (Å²) in [5, 5.41) is 0. The molecule has 0 aromatic heterocycles. The first-order valence-electron chi connectivity index (χ1n) is 7.17. The molecule has 0 N–H and O–H groups in total. The molecule has 1 aliphatic heterocycles. The Morgan fingerprint density at radius 3 is 2.59 bits per heavy atom. The Morgan fingerprint density at radius 1 is 1.27 bits per heavy atom. The first-order valence-corrected chi connectivity index (χ1v) is 7.17. The van der Waals surface area contributed by atoms with E-state index >= 15 is 0 Å². The number of methoxy groups -OCH3 is 1. The molecule has 0 radical (unpaired) electrons. The monoisotopic (exact) mass is 307 g/mol. The number of rotatable bonds is 3. The summed E-state index contributed by atoms with van der Waals surface area (Å²) < 4.78 is 15.5. The highest BCUT2D eigenvalue weighted by Crippen LogP contribution is 2.32. The van der Waals surface area contributed by atoms with Crippen molar-refractivity contribution in [3.63, 3.8) is 0 Å². The highest BCUT2D eigenvalue weighted by molar-refractivity contribution is 5.75. The molecule has 0 aliphatic carbocycles. The van der Waals surface area contributed by atoms with Crippen molar-refractivity contribution in [2.24, 2.45) is 5.92 Å². The van der Waals surface area contributed by atoms with Crippen LogP contribution in [-0.2, 0) is 14.3 Å². The molecule has 120 valence electrons. The van der Waals surface area contributed by atoms with Gasteiger partial charge in [0.1, 0.15) is 17.3 Å². The van der Waals surface area contributed by atoms with Crippen LogP contribution in [0.25, 0.3) is 0 Å². The van der Waals surface area contributed by atoms with Crippen LogP contribution in [0, 0.1) is 5.92 Å². The van der Waals surface area contributed by atoms with E-state index in [2.05, 4.69) is 0 Å². The first-order chi connectivity index (χ1) is 10.4. The maximum absolute atomic E-state index is 12.0. The molecule has 6 nitrogen and oxygen atoms in total. The molecule has 2 rings (SSSR count). The minimum absolute atomic E-state index is 0.387. The number of esters is 1. The average molecular weight is 307 g/mol. The van der Waals surface area contributed by atoms with Crippen LogP contribution in [0.1, 0.15) is 13.3 Å². The van der Waals surface area contributed by atoms with E-state index in [0.29, 0.717) is 18.7 Å². The number of para-hydroxylation sites is 1. The fraction of sp³-hybridized carbons (Fsp3) is 0.500. The Morgan fingerprint density at radius 2 is 1.95 bits per heavy atom. The maximum atomic E-state index is 12.0. The number of piperidine rings is 1. The number of likely N-dealkylation sites (tertiary alicyclic amines) is 1. The molecule has 2 atom stereocenters. The van der Waals surface area contributed by atoms with Crippen molar-refractivity contribution in [3.8, 4) is 5.75 Å². The molecule has 1 aromatic carbocycles. The van der Waals surface area contributed by atoms with E-state index in [1.54, 1.807) is 31.2 Å². The summed E-state index contributed by atoms with van der Waals surface area (Å²) in [4.78, 5) is 26.0. The van der Waals surface area contributed by atoms with Crippen molar-refractivity contribution in [2.75, 3.05) is 27.2 Å². The van der Waals surface area contributed by atoms with Gasteiger partial charge in [0.25, 0.3) is 0 Å². The van der Waals surface area contributed by atoms with Gasteiger partial charge in [-0.3, -0.25) is 4.79 Å². The van der Waals surface area contributed by atoms with Crippen molar-refractivity contribution in [1.82, 2.24) is 4.90 Å². The standard InChI is InChI=1S/C16H21NO5/c1-16(9-10-17(2)11-13(16)14(18)20-3)22-15(19)21-12-7-5-4-6-8-12/h4-8,13H,9-11H2,1-3H3/t13-,16+/m0/s1. The van der Waals surface area contributed by atoms with Crippen LogP contribution in [0.3, 0.4) is 0 Å². The predicted octanol–water partition coefficient (Wildman–Crippen LogP) is 2.09. The lowest BCUT2D eigenvalue weighted by Gasteiger charge is -2.41. The van der Waals surface area contributed by atoms with Gasteiger partial charge in [-0.05, 0) is 26.1 Å². The minimum atomic E-state index is -0.939. The highest BCUT2D eigenvalue weighted by Gasteiger charge is 2.47. The van der Waals surface area contributed by atoms with Crippen LogP contribution in [0.15, 0.2) is 30.3 Å². The number of hydrogen-bond donors (Lipinski definition) is 0. The Bertz CT molecular complexity index is 533. The van der Waals surface area contributed by atoms with Crippen molar-refractivity contribution in [2.45, 2.75) is 18.9 Å². The summed E-state index contributed by atoms with van der Waals surface area (Å²) in [6, 6.07) is 8.67. The van der Waals surface area contributed by atoms with Gasteiger partial charge in [0.2, 0.25) is 0 Å². The van der Waals surface area contributed by atoms with Gasteiger partial charge in [-0.15, -0.1) is 0 Å². The smallest absolute Gasteiger partial charge is 0.469 e. The Balaban J connectivity index is 2.07. The molecule has 1 aliphatic rings. The van der Waals surface area contributed by atoms with Gasteiger partial charge in [0, 0.05) is 19.5 Å². The SMILES string of the molecule is COC(=O)[C@@H]1CN(C)CC[C@@]1(C)OC(=O)Oc1ccccc1. The van der Waals surface area contributed by atoms with E-state index < -0.39 is 17.7 Å². The van der Waals surface area contributed by atoms with Crippen LogP contribution in [0.5, 0.6) is 5.75 Å². The normalized spacial score (nSPS) is 25.3. The van der Waals surface area contributed by atoms with E-state index in [4.69, 9.17) is 14.2 Å². The zero-order valence-corrected chi connectivity index (χ0v) is 13.1. The first kappa shape index (κ1) is 16.3. The number of nitrogens with zero attached hydrogens (tertiary/aromatic N) is 1. The molecule has 6 heteroatoms. The summed E-state index contributed by atoms with van der Waals surface area (Å²) in [5.41, 5.74) is -0.939. The van der Waals surface area contributed by atoms with E-state index in [1.807, 2.05) is 18.0 Å². The average Bonchev–Trinajstić information content (AvgIpc) is 2.50. The van der Waals surface area contributed by atoms with Gasteiger partial charge < -0.3 is 19.1 Å². The van der Waals surface area contributed by atoms with Crippen molar-refractivity contribution in [3.05, 3.63) is 30.3 Å². The van der Waals surface area contributed by atoms with Crippen LogP contribution >= 0.6 is 0 Å². The van der Waals surface area contributed by atoms with Crippen LogP contribution in [-0.4, -0.2) is 49.9 Å². The number of ether oxygens (including phenoxy) is 3. The molecule has 1 heterocycles. The molecule has 0 amide bonds. The van der Waals surface area contributed by atoms with Crippen LogP contribution in [0.2, 0.25) is 0 Å². The van der Waals surface area contributed by atoms with Crippen LogP contribution in [0.4, 0.5) is 4.79 Å². The molecule has 1 aromatic rings. The molecule has 0 saturated carbocycles. The summed E-state index contributed by atoms with van der Waals surface area (Å²) in [7, 11) is 3.25. The predicted molar refractivity (Wildman–Crippen MR) is 79.6 cm³/mol. The molecule has 0 unspecified atom stereocenters.